The maximum absolute atomic E-state index is 12.9. The quantitative estimate of drug-likeness (QED) is 0.419. The van der Waals surface area contributed by atoms with E-state index in [1.54, 1.807) is 6.07 Å². The van der Waals surface area contributed by atoms with Crippen molar-refractivity contribution in [2.75, 3.05) is 7.05 Å². The smallest absolute Gasteiger partial charge is 0.279 e. The lowest BCUT2D eigenvalue weighted by atomic mass is 10.2. The van der Waals surface area contributed by atoms with E-state index in [2.05, 4.69) is 4.99 Å². The Balaban J connectivity index is 1.57. The highest BCUT2D eigenvalue weighted by atomic mass is 35.5. The number of carbonyl (C=O) groups is 1. The zero-order chi connectivity index (χ0) is 22.9. The lowest BCUT2D eigenvalue weighted by molar-refractivity contribution is 0.0998. The van der Waals surface area contributed by atoms with Crippen molar-refractivity contribution >= 4 is 49.1 Å². The minimum atomic E-state index is -3.69. The molecule has 0 atom stereocenters. The summed E-state index contributed by atoms with van der Waals surface area (Å²) in [4.78, 5) is 17.6. The Bertz CT molecular complexity index is 1460. The number of thiazole rings is 1. The molecule has 4 aromatic rings. The van der Waals surface area contributed by atoms with E-state index in [-0.39, 0.29) is 11.4 Å². The first-order valence-electron chi connectivity index (χ1n) is 9.70. The predicted molar refractivity (Wildman–Crippen MR) is 127 cm³/mol. The fourth-order valence-corrected chi connectivity index (χ4v) is 5.69. The monoisotopic (exact) mass is 485 g/mol. The first-order valence-corrected chi connectivity index (χ1v) is 12.3. The molecule has 32 heavy (non-hydrogen) atoms. The van der Waals surface area contributed by atoms with Gasteiger partial charge in [-0.2, -0.15) is 9.30 Å². The summed E-state index contributed by atoms with van der Waals surface area (Å²) in [5.74, 6) is -0.445. The number of sulfonamides is 1. The largest absolute Gasteiger partial charge is 0.319 e. The molecule has 0 aliphatic rings. The lowest BCUT2D eigenvalue weighted by Crippen LogP contribution is -2.26. The third kappa shape index (κ3) is 4.54. The van der Waals surface area contributed by atoms with Gasteiger partial charge in [-0.25, -0.2) is 8.42 Å². The van der Waals surface area contributed by atoms with Gasteiger partial charge >= 0.3 is 0 Å². The maximum atomic E-state index is 12.9. The summed E-state index contributed by atoms with van der Waals surface area (Å²) in [6.07, 6.45) is 0. The Morgan fingerprint density at radius 3 is 2.44 bits per heavy atom. The molecule has 1 heterocycles. The van der Waals surface area contributed by atoms with E-state index in [1.165, 1.54) is 47.0 Å². The fraction of sp³-hybridized carbons (Fsp3) is 0.130. The third-order valence-electron chi connectivity index (χ3n) is 5.03. The molecule has 0 radical (unpaired) electrons. The molecule has 1 aromatic heterocycles. The van der Waals surface area contributed by atoms with Gasteiger partial charge in [0.05, 0.1) is 15.1 Å². The topological polar surface area (TPSA) is 71.7 Å². The number of nitrogens with zero attached hydrogens (tertiary/aromatic N) is 3. The van der Waals surface area contributed by atoms with Crippen LogP contribution in [-0.4, -0.2) is 30.2 Å². The van der Waals surface area contributed by atoms with Crippen molar-refractivity contribution in [2.45, 2.75) is 11.4 Å². The molecule has 164 valence electrons. The van der Waals surface area contributed by atoms with Crippen molar-refractivity contribution in [1.29, 1.82) is 0 Å². The Morgan fingerprint density at radius 2 is 1.75 bits per heavy atom. The number of hydrogen-bond acceptors (Lipinski definition) is 4. The van der Waals surface area contributed by atoms with Gasteiger partial charge in [-0.1, -0.05) is 53.3 Å². The van der Waals surface area contributed by atoms with Crippen molar-refractivity contribution in [3.05, 3.63) is 93.7 Å². The second-order valence-corrected chi connectivity index (χ2v) is 10.7. The molecule has 0 bridgehead atoms. The van der Waals surface area contributed by atoms with E-state index in [1.807, 2.05) is 54.1 Å². The average Bonchev–Trinajstić information content (AvgIpc) is 3.08. The SMILES string of the molecule is CN(Cc1ccccc1)S(=O)(=O)c1ccc(C(=O)N=c2sc3cc(Cl)ccc3n2C)cc1. The van der Waals surface area contributed by atoms with Gasteiger partial charge in [0.25, 0.3) is 5.91 Å². The van der Waals surface area contributed by atoms with E-state index in [0.29, 0.717) is 15.4 Å². The minimum absolute atomic E-state index is 0.120. The zero-order valence-corrected chi connectivity index (χ0v) is 19.8. The van der Waals surface area contributed by atoms with Crippen LogP contribution < -0.4 is 4.80 Å². The number of fused-ring (bicyclic) bond motifs is 1. The molecular weight excluding hydrogens is 466 g/mol. The van der Waals surface area contributed by atoms with Crippen molar-refractivity contribution in [3.63, 3.8) is 0 Å². The summed E-state index contributed by atoms with van der Waals surface area (Å²) in [6.45, 7) is 0.256. The van der Waals surface area contributed by atoms with Crippen molar-refractivity contribution in [2.24, 2.45) is 12.0 Å². The van der Waals surface area contributed by atoms with Crippen LogP contribution >= 0.6 is 22.9 Å². The highest BCUT2D eigenvalue weighted by Gasteiger charge is 2.21. The maximum Gasteiger partial charge on any atom is 0.279 e. The van der Waals surface area contributed by atoms with Crippen LogP contribution in [0.2, 0.25) is 5.02 Å². The summed E-state index contributed by atoms with van der Waals surface area (Å²) < 4.78 is 29.8. The molecule has 6 nitrogen and oxygen atoms in total. The third-order valence-corrected chi connectivity index (χ3v) is 8.17. The molecule has 3 aromatic carbocycles. The van der Waals surface area contributed by atoms with Crippen molar-refractivity contribution < 1.29 is 13.2 Å². The number of benzene rings is 3. The second kappa shape index (κ2) is 8.99. The molecule has 0 N–H and O–H groups in total. The Morgan fingerprint density at radius 1 is 1.06 bits per heavy atom. The van der Waals surface area contributed by atoms with Crippen LogP contribution in [0.25, 0.3) is 10.2 Å². The van der Waals surface area contributed by atoms with Gasteiger partial charge in [-0.05, 0) is 48.0 Å². The van der Waals surface area contributed by atoms with E-state index < -0.39 is 15.9 Å². The van der Waals surface area contributed by atoms with E-state index in [4.69, 9.17) is 11.6 Å². The molecule has 9 heteroatoms. The summed E-state index contributed by atoms with van der Waals surface area (Å²) in [5, 5.41) is 0.617. The number of hydrogen-bond donors (Lipinski definition) is 0. The molecule has 0 aliphatic carbocycles. The van der Waals surface area contributed by atoms with Gasteiger partial charge in [0, 0.05) is 31.2 Å². The van der Waals surface area contributed by atoms with Crippen molar-refractivity contribution in [1.82, 2.24) is 8.87 Å². The molecule has 0 fully saturated rings. The van der Waals surface area contributed by atoms with Gasteiger partial charge in [0.15, 0.2) is 4.80 Å². The number of rotatable bonds is 5. The van der Waals surface area contributed by atoms with Gasteiger partial charge < -0.3 is 4.57 Å². The molecule has 0 aliphatic heterocycles. The van der Waals surface area contributed by atoms with E-state index in [0.717, 1.165) is 15.8 Å². The molecule has 1 amide bonds. The van der Waals surface area contributed by atoms with Gasteiger partial charge in [0.1, 0.15) is 0 Å². The normalized spacial score (nSPS) is 12.6. The summed E-state index contributed by atoms with van der Waals surface area (Å²) in [7, 11) is -0.327. The standard InChI is InChI=1S/C23H20ClN3O3S2/c1-26(15-16-6-4-3-5-7-16)32(29,30)19-11-8-17(9-12-19)22(28)25-23-27(2)20-13-10-18(24)14-21(20)31-23/h3-14H,15H2,1-2H3. The highest BCUT2D eigenvalue weighted by Crippen LogP contribution is 2.21. The summed E-state index contributed by atoms with van der Waals surface area (Å²) >= 11 is 7.41. The number of amides is 1. The van der Waals surface area contributed by atoms with Crippen LogP contribution in [0.4, 0.5) is 0 Å². The van der Waals surface area contributed by atoms with E-state index >= 15 is 0 Å². The van der Waals surface area contributed by atoms with Crippen LogP contribution in [0.1, 0.15) is 15.9 Å². The molecule has 4 rings (SSSR count). The minimum Gasteiger partial charge on any atom is -0.319 e. The van der Waals surface area contributed by atoms with Gasteiger partial charge in [-0.15, -0.1) is 0 Å². The van der Waals surface area contributed by atoms with Crippen LogP contribution in [0.3, 0.4) is 0 Å². The van der Waals surface area contributed by atoms with Crippen LogP contribution in [0.15, 0.2) is 82.7 Å². The Labute approximate surface area is 195 Å². The predicted octanol–water partition coefficient (Wildman–Crippen LogP) is 4.46. The van der Waals surface area contributed by atoms with Crippen LogP contribution in [-0.2, 0) is 23.6 Å². The summed E-state index contributed by atoms with van der Waals surface area (Å²) in [5.41, 5.74) is 2.13. The Hall–Kier alpha value is -2.78. The fourth-order valence-electron chi connectivity index (χ4n) is 3.24. The summed E-state index contributed by atoms with van der Waals surface area (Å²) in [6, 6.07) is 20.7. The molecule has 0 unspecified atom stereocenters. The molecule has 0 saturated heterocycles. The molecule has 0 spiro atoms. The first-order chi connectivity index (χ1) is 15.3. The van der Waals surface area contributed by atoms with Gasteiger partial charge in [-0.3, -0.25) is 4.79 Å². The number of halogens is 1. The average molecular weight is 486 g/mol. The number of carbonyl (C=O) groups excluding carboxylic acids is 1. The molecular formula is C23H20ClN3O3S2. The molecule has 0 saturated carbocycles. The zero-order valence-electron chi connectivity index (χ0n) is 17.4. The number of aryl methyl sites for hydroxylation is 1. The number of aromatic nitrogens is 1. The highest BCUT2D eigenvalue weighted by molar-refractivity contribution is 7.89. The van der Waals surface area contributed by atoms with Crippen molar-refractivity contribution in [3.8, 4) is 0 Å². The van der Waals surface area contributed by atoms with Crippen LogP contribution in [0.5, 0.6) is 0 Å². The van der Waals surface area contributed by atoms with Crippen LogP contribution in [0, 0.1) is 0 Å². The second-order valence-electron chi connectivity index (χ2n) is 7.24. The van der Waals surface area contributed by atoms with E-state index in [9.17, 15) is 13.2 Å². The van der Waals surface area contributed by atoms with Gasteiger partial charge in [0.2, 0.25) is 10.0 Å². The first kappa shape index (κ1) is 22.4. The Kier molecular flexibility index (Phi) is 6.30. The lowest BCUT2D eigenvalue weighted by Gasteiger charge is -2.17.